The lowest BCUT2D eigenvalue weighted by Gasteiger charge is -2.31. The zero-order valence-corrected chi connectivity index (χ0v) is 14.7. The molecule has 1 aromatic carbocycles. The van der Waals surface area contributed by atoms with E-state index in [1.54, 1.807) is 12.3 Å². The minimum atomic E-state index is 0.420. The number of nitrogens with zero attached hydrogens (tertiary/aromatic N) is 5. The van der Waals surface area contributed by atoms with Gasteiger partial charge in [0.1, 0.15) is 5.75 Å². The number of aromatic hydroxyl groups is 1. The maximum atomic E-state index is 10.0. The van der Waals surface area contributed by atoms with Crippen LogP contribution in [0.1, 0.15) is 35.7 Å². The average molecular weight is 349 g/mol. The molecule has 0 aliphatic carbocycles. The summed E-state index contributed by atoms with van der Waals surface area (Å²) in [7, 11) is 0. The van der Waals surface area contributed by atoms with E-state index >= 15 is 0 Å². The molecule has 1 N–H and O–H groups in total. The van der Waals surface area contributed by atoms with Crippen LogP contribution >= 0.6 is 0 Å². The molecule has 0 radical (unpaired) electrons. The number of benzene rings is 1. The molecule has 1 fully saturated rings. The summed E-state index contributed by atoms with van der Waals surface area (Å²) in [5, 5.41) is 18.6. The summed E-state index contributed by atoms with van der Waals surface area (Å²) in [6, 6.07) is 13.6. The van der Waals surface area contributed by atoms with Crippen LogP contribution in [0.25, 0.3) is 0 Å². The van der Waals surface area contributed by atoms with Crippen molar-refractivity contribution >= 4 is 0 Å². The normalized spacial score (nSPS) is 16.0. The first-order chi connectivity index (χ1) is 12.8. The second kappa shape index (κ2) is 7.66. The molecular formula is C20H23N5O. The predicted molar refractivity (Wildman–Crippen MR) is 98.7 cm³/mol. The van der Waals surface area contributed by atoms with E-state index in [1.165, 1.54) is 0 Å². The van der Waals surface area contributed by atoms with E-state index in [9.17, 15) is 5.11 Å². The Balaban J connectivity index is 1.31. The molecule has 3 heterocycles. The molecule has 0 amide bonds. The predicted octanol–water partition coefficient (Wildman–Crippen LogP) is 2.81. The standard InChI is InChI=1S/C20H23N5O/c26-20-7-2-1-6-19(20)16-8-11-24(12-9-16)13-18-15-25(23-22-18)14-17-5-3-4-10-21-17/h1-7,10,15-16,26H,8-9,11-14H2. The summed E-state index contributed by atoms with van der Waals surface area (Å²) in [5.74, 6) is 0.857. The van der Waals surface area contributed by atoms with Gasteiger partial charge in [-0.3, -0.25) is 9.88 Å². The monoisotopic (exact) mass is 349 g/mol. The third-order valence-electron chi connectivity index (χ3n) is 4.99. The fraction of sp³-hybridized carbons (Fsp3) is 0.350. The summed E-state index contributed by atoms with van der Waals surface area (Å²) in [4.78, 5) is 6.73. The molecule has 2 aromatic heterocycles. The van der Waals surface area contributed by atoms with Gasteiger partial charge in [0.25, 0.3) is 0 Å². The number of para-hydroxylation sites is 1. The summed E-state index contributed by atoms with van der Waals surface area (Å²) in [6.45, 7) is 3.47. The number of hydrogen-bond donors (Lipinski definition) is 1. The maximum Gasteiger partial charge on any atom is 0.119 e. The Morgan fingerprint density at radius 3 is 2.54 bits per heavy atom. The van der Waals surface area contributed by atoms with Gasteiger partial charge in [-0.15, -0.1) is 5.10 Å². The van der Waals surface area contributed by atoms with Gasteiger partial charge in [0.05, 0.1) is 24.1 Å². The molecule has 0 bridgehead atoms. The van der Waals surface area contributed by atoms with E-state index < -0.39 is 0 Å². The first-order valence-corrected chi connectivity index (χ1v) is 9.07. The zero-order valence-electron chi connectivity index (χ0n) is 14.7. The zero-order chi connectivity index (χ0) is 17.8. The summed E-state index contributed by atoms with van der Waals surface area (Å²) < 4.78 is 1.84. The van der Waals surface area contributed by atoms with E-state index in [4.69, 9.17) is 0 Å². The third kappa shape index (κ3) is 3.91. The van der Waals surface area contributed by atoms with Crippen LogP contribution in [0.2, 0.25) is 0 Å². The summed E-state index contributed by atoms with van der Waals surface area (Å²) >= 11 is 0. The van der Waals surface area contributed by atoms with E-state index in [1.807, 2.05) is 47.3 Å². The van der Waals surface area contributed by atoms with Gasteiger partial charge in [0.15, 0.2) is 0 Å². The number of likely N-dealkylation sites (tertiary alicyclic amines) is 1. The molecule has 0 spiro atoms. The van der Waals surface area contributed by atoms with Crippen LogP contribution in [0.15, 0.2) is 54.9 Å². The van der Waals surface area contributed by atoms with Crippen LogP contribution in [-0.2, 0) is 13.1 Å². The molecule has 0 atom stereocenters. The molecule has 134 valence electrons. The van der Waals surface area contributed by atoms with Gasteiger partial charge in [-0.2, -0.15) is 0 Å². The maximum absolute atomic E-state index is 10.0. The van der Waals surface area contributed by atoms with Crippen molar-refractivity contribution in [1.82, 2.24) is 24.9 Å². The van der Waals surface area contributed by atoms with Crippen molar-refractivity contribution in [3.63, 3.8) is 0 Å². The quantitative estimate of drug-likeness (QED) is 0.767. The SMILES string of the molecule is Oc1ccccc1C1CCN(Cc2cn(Cc3ccccn3)nn2)CC1. The Kier molecular flexibility index (Phi) is 4.93. The first kappa shape index (κ1) is 16.7. The van der Waals surface area contributed by atoms with E-state index in [2.05, 4.69) is 20.2 Å². The van der Waals surface area contributed by atoms with Crippen LogP contribution < -0.4 is 0 Å². The van der Waals surface area contributed by atoms with Gasteiger partial charge in [0, 0.05) is 12.7 Å². The number of pyridine rings is 1. The molecular weight excluding hydrogens is 326 g/mol. The fourth-order valence-electron chi connectivity index (χ4n) is 3.61. The smallest absolute Gasteiger partial charge is 0.119 e. The number of aromatic nitrogens is 4. The molecule has 6 nitrogen and oxygen atoms in total. The van der Waals surface area contributed by atoms with E-state index in [-0.39, 0.29) is 0 Å². The highest BCUT2D eigenvalue weighted by Crippen LogP contribution is 2.33. The molecule has 4 rings (SSSR count). The molecule has 0 unspecified atom stereocenters. The number of phenolic OH excluding ortho intramolecular Hbond substituents is 1. The topological polar surface area (TPSA) is 67.1 Å². The Morgan fingerprint density at radius 1 is 0.962 bits per heavy atom. The lowest BCUT2D eigenvalue weighted by molar-refractivity contribution is 0.201. The molecule has 3 aromatic rings. The number of hydrogen-bond acceptors (Lipinski definition) is 5. The second-order valence-electron chi connectivity index (χ2n) is 6.84. The van der Waals surface area contributed by atoms with Crippen LogP contribution in [-0.4, -0.2) is 43.1 Å². The van der Waals surface area contributed by atoms with E-state index in [0.717, 1.165) is 49.4 Å². The summed E-state index contributed by atoms with van der Waals surface area (Å²) in [5.41, 5.74) is 3.04. The molecule has 0 saturated carbocycles. The minimum Gasteiger partial charge on any atom is -0.508 e. The highest BCUT2D eigenvalue weighted by molar-refractivity contribution is 5.35. The van der Waals surface area contributed by atoms with Gasteiger partial charge in [-0.1, -0.05) is 29.5 Å². The van der Waals surface area contributed by atoms with Crippen molar-refractivity contribution in [3.8, 4) is 5.75 Å². The molecule has 1 aliphatic rings. The van der Waals surface area contributed by atoms with Crippen molar-refractivity contribution in [3.05, 3.63) is 71.8 Å². The van der Waals surface area contributed by atoms with Crippen molar-refractivity contribution < 1.29 is 5.11 Å². The van der Waals surface area contributed by atoms with Gasteiger partial charge >= 0.3 is 0 Å². The lowest BCUT2D eigenvalue weighted by atomic mass is 9.89. The highest BCUT2D eigenvalue weighted by Gasteiger charge is 2.23. The lowest BCUT2D eigenvalue weighted by Crippen LogP contribution is -2.32. The van der Waals surface area contributed by atoms with Gasteiger partial charge in [-0.25, -0.2) is 4.68 Å². The van der Waals surface area contributed by atoms with Crippen LogP contribution in [0.3, 0.4) is 0 Å². The van der Waals surface area contributed by atoms with Crippen molar-refractivity contribution in [2.45, 2.75) is 31.8 Å². The van der Waals surface area contributed by atoms with Crippen LogP contribution in [0.5, 0.6) is 5.75 Å². The molecule has 26 heavy (non-hydrogen) atoms. The van der Waals surface area contributed by atoms with Gasteiger partial charge in [-0.05, 0) is 55.6 Å². The van der Waals surface area contributed by atoms with Crippen LogP contribution in [0.4, 0.5) is 0 Å². The third-order valence-corrected chi connectivity index (χ3v) is 4.99. The largest absolute Gasteiger partial charge is 0.508 e. The fourth-order valence-corrected chi connectivity index (χ4v) is 3.61. The molecule has 6 heteroatoms. The highest BCUT2D eigenvalue weighted by atomic mass is 16.3. The van der Waals surface area contributed by atoms with Gasteiger partial charge < -0.3 is 5.11 Å². The second-order valence-corrected chi connectivity index (χ2v) is 6.84. The van der Waals surface area contributed by atoms with Crippen molar-refractivity contribution in [1.29, 1.82) is 0 Å². The number of piperidine rings is 1. The van der Waals surface area contributed by atoms with Crippen molar-refractivity contribution in [2.24, 2.45) is 0 Å². The minimum absolute atomic E-state index is 0.420. The Labute approximate surface area is 153 Å². The number of rotatable bonds is 5. The van der Waals surface area contributed by atoms with Crippen molar-refractivity contribution in [2.75, 3.05) is 13.1 Å². The van der Waals surface area contributed by atoms with E-state index in [0.29, 0.717) is 18.2 Å². The number of phenols is 1. The Morgan fingerprint density at radius 2 is 1.77 bits per heavy atom. The average Bonchev–Trinajstić information content (AvgIpc) is 3.10. The Bertz CT molecular complexity index is 840. The van der Waals surface area contributed by atoms with Crippen LogP contribution in [0, 0.1) is 0 Å². The van der Waals surface area contributed by atoms with Gasteiger partial charge in [0.2, 0.25) is 0 Å². The molecule has 1 saturated heterocycles. The molecule has 1 aliphatic heterocycles. The first-order valence-electron chi connectivity index (χ1n) is 9.07. The Hall–Kier alpha value is -2.73. The summed E-state index contributed by atoms with van der Waals surface area (Å²) in [6.07, 6.45) is 5.91.